The smallest absolute Gasteiger partial charge is 0.379 e. The Hall–Kier alpha value is -2.18. The first-order chi connectivity index (χ1) is 11.4. The number of hydroxylamine groups is 1. The summed E-state index contributed by atoms with van der Waals surface area (Å²) in [4.78, 5) is 26.9. The van der Waals surface area contributed by atoms with E-state index in [2.05, 4.69) is 4.52 Å². The minimum atomic E-state index is -4.45. The second kappa shape index (κ2) is 8.08. The van der Waals surface area contributed by atoms with Gasteiger partial charge in [-0.25, -0.2) is 19.9 Å². The molecular formula is C16H19N2O5P. The monoisotopic (exact) mass is 350 g/mol. The third-order valence-corrected chi connectivity index (χ3v) is 3.70. The van der Waals surface area contributed by atoms with E-state index >= 15 is 0 Å². The van der Waals surface area contributed by atoms with Crippen LogP contribution in [0.25, 0.3) is 0 Å². The molecule has 0 fully saturated rings. The molecule has 2 atom stereocenters. The first-order valence-electron chi connectivity index (χ1n) is 7.18. The maximum absolute atomic E-state index is 12.4. The fourth-order valence-electron chi connectivity index (χ4n) is 2.28. The molecule has 2 rings (SSSR count). The number of carbonyl (C=O) groups excluding carboxylic acids is 1. The molecule has 0 bridgehead atoms. The van der Waals surface area contributed by atoms with Gasteiger partial charge in [-0.15, -0.1) is 0 Å². The first-order valence-corrected chi connectivity index (χ1v) is 8.82. The molecule has 7 nitrogen and oxygen atoms in total. The van der Waals surface area contributed by atoms with Crippen molar-refractivity contribution < 1.29 is 23.6 Å². The molecule has 0 heterocycles. The third kappa shape index (κ3) is 5.18. The van der Waals surface area contributed by atoms with E-state index in [4.69, 9.17) is 15.2 Å². The van der Waals surface area contributed by atoms with E-state index in [-0.39, 0.29) is 6.42 Å². The summed E-state index contributed by atoms with van der Waals surface area (Å²) >= 11 is 0. The molecule has 3 N–H and O–H groups in total. The molecule has 1 unspecified atom stereocenters. The van der Waals surface area contributed by atoms with Gasteiger partial charge in [-0.05, 0) is 17.7 Å². The maximum Gasteiger partial charge on any atom is 0.455 e. The number of benzene rings is 2. The van der Waals surface area contributed by atoms with Gasteiger partial charge in [-0.2, -0.15) is 0 Å². The van der Waals surface area contributed by atoms with Gasteiger partial charge >= 0.3 is 13.7 Å². The van der Waals surface area contributed by atoms with Gasteiger partial charge in [-0.3, -0.25) is 4.84 Å². The van der Waals surface area contributed by atoms with Crippen molar-refractivity contribution in [1.29, 1.82) is 0 Å². The highest BCUT2D eigenvalue weighted by molar-refractivity contribution is 7.50. The van der Waals surface area contributed by atoms with Crippen LogP contribution in [-0.4, -0.2) is 24.0 Å². The summed E-state index contributed by atoms with van der Waals surface area (Å²) in [6, 6.07) is 17.1. The molecule has 128 valence electrons. The normalized spacial score (nSPS) is 14.5. The summed E-state index contributed by atoms with van der Waals surface area (Å²) in [6.07, 6.45) is 0.211. The van der Waals surface area contributed by atoms with Crippen molar-refractivity contribution in [2.75, 3.05) is 12.2 Å². The first kappa shape index (κ1) is 18.2. The molecule has 0 saturated heterocycles. The van der Waals surface area contributed by atoms with E-state index in [1.807, 2.05) is 36.4 Å². The van der Waals surface area contributed by atoms with Gasteiger partial charge in [0.2, 0.25) is 0 Å². The predicted octanol–water partition coefficient (Wildman–Crippen LogP) is 2.27. The largest absolute Gasteiger partial charge is 0.455 e. The number of anilines is 1. The average Bonchev–Trinajstić information content (AvgIpc) is 2.55. The Bertz CT molecular complexity index is 705. The van der Waals surface area contributed by atoms with Gasteiger partial charge in [0.1, 0.15) is 0 Å². The van der Waals surface area contributed by atoms with Crippen LogP contribution < -0.4 is 10.6 Å². The topological polar surface area (TPSA) is 102 Å². The van der Waals surface area contributed by atoms with Gasteiger partial charge in [0.15, 0.2) is 6.04 Å². The van der Waals surface area contributed by atoms with Crippen LogP contribution in [0.15, 0.2) is 60.7 Å². The molecule has 0 spiro atoms. The van der Waals surface area contributed by atoms with Gasteiger partial charge in [0, 0.05) is 6.42 Å². The van der Waals surface area contributed by atoms with E-state index in [9.17, 15) is 9.36 Å². The summed E-state index contributed by atoms with van der Waals surface area (Å²) in [6.45, 7) is 0. The van der Waals surface area contributed by atoms with Crippen molar-refractivity contribution in [3.8, 4) is 0 Å². The lowest BCUT2D eigenvalue weighted by Crippen LogP contribution is -2.43. The maximum atomic E-state index is 12.4. The fourth-order valence-corrected chi connectivity index (χ4v) is 2.66. The molecule has 2 aromatic carbocycles. The molecule has 0 aliphatic rings. The Kier molecular flexibility index (Phi) is 6.11. The van der Waals surface area contributed by atoms with Crippen LogP contribution in [0.2, 0.25) is 0 Å². The lowest BCUT2D eigenvalue weighted by atomic mass is 10.1. The Labute approximate surface area is 140 Å². The molecule has 0 saturated carbocycles. The van der Waals surface area contributed by atoms with Crippen molar-refractivity contribution in [2.45, 2.75) is 12.5 Å². The molecule has 0 radical (unpaired) electrons. The molecule has 0 amide bonds. The molecule has 2 aromatic rings. The van der Waals surface area contributed by atoms with Crippen LogP contribution in [0.5, 0.6) is 0 Å². The van der Waals surface area contributed by atoms with Crippen molar-refractivity contribution in [3.05, 3.63) is 66.2 Å². The highest BCUT2D eigenvalue weighted by Gasteiger charge is 2.32. The zero-order valence-electron chi connectivity index (χ0n) is 13.1. The van der Waals surface area contributed by atoms with E-state index in [1.54, 1.807) is 24.3 Å². The molecule has 24 heavy (non-hydrogen) atoms. The summed E-state index contributed by atoms with van der Waals surface area (Å²) < 4.78 is 15.8. The van der Waals surface area contributed by atoms with Gasteiger partial charge in [-0.1, -0.05) is 48.5 Å². The molecule has 0 aliphatic heterocycles. The van der Waals surface area contributed by atoms with Gasteiger partial charge < -0.3 is 9.42 Å². The molecule has 8 heteroatoms. The van der Waals surface area contributed by atoms with Crippen LogP contribution in [0.4, 0.5) is 5.69 Å². The van der Waals surface area contributed by atoms with E-state index in [0.29, 0.717) is 5.69 Å². The lowest BCUT2D eigenvalue weighted by Gasteiger charge is -2.29. The zero-order chi connectivity index (χ0) is 17.6. The number of para-hydroxylation sites is 1. The second-order valence-electron chi connectivity index (χ2n) is 5.02. The highest BCUT2D eigenvalue weighted by Crippen LogP contribution is 2.33. The number of hydrogen-bond acceptors (Lipinski definition) is 5. The second-order valence-corrected chi connectivity index (χ2v) is 6.33. The Morgan fingerprint density at radius 3 is 2.21 bits per heavy atom. The van der Waals surface area contributed by atoms with Crippen molar-refractivity contribution in [1.82, 2.24) is 0 Å². The highest BCUT2D eigenvalue weighted by atomic mass is 31.2. The van der Waals surface area contributed by atoms with Crippen molar-refractivity contribution in [2.24, 2.45) is 5.50 Å². The standard InChI is InChI=1S/C16H19N2O5P/c1-22-18(14-10-6-3-7-11-14)15(16(19)23-24(17,20)21)12-13-8-4-2-5-9-13/h2-11,15H,12H2,1H3,(H3,17,20,21)/t15-/m0/s1. The van der Waals surface area contributed by atoms with Crippen molar-refractivity contribution >= 4 is 19.4 Å². The van der Waals surface area contributed by atoms with Gasteiger partial charge in [0.25, 0.3) is 0 Å². The Balaban J connectivity index is 2.33. The lowest BCUT2D eigenvalue weighted by molar-refractivity contribution is -0.138. The number of rotatable bonds is 7. The summed E-state index contributed by atoms with van der Waals surface area (Å²) in [7, 11) is -3.05. The minimum absolute atomic E-state index is 0.211. The number of nitrogens with two attached hydrogens (primary N) is 1. The average molecular weight is 350 g/mol. The number of hydrogen-bond donors (Lipinski definition) is 2. The van der Waals surface area contributed by atoms with Crippen LogP contribution in [0.3, 0.4) is 0 Å². The Morgan fingerprint density at radius 1 is 1.17 bits per heavy atom. The number of carbonyl (C=O) groups is 1. The summed E-state index contributed by atoms with van der Waals surface area (Å²) in [5.74, 6) is -0.946. The predicted molar refractivity (Wildman–Crippen MR) is 90.0 cm³/mol. The van der Waals surface area contributed by atoms with Crippen LogP contribution in [-0.2, 0) is 25.1 Å². The molecule has 0 aromatic heterocycles. The third-order valence-electron chi connectivity index (χ3n) is 3.26. The zero-order valence-corrected chi connectivity index (χ0v) is 14.0. The Morgan fingerprint density at radius 2 is 1.71 bits per heavy atom. The van der Waals surface area contributed by atoms with Crippen LogP contribution in [0, 0.1) is 0 Å². The summed E-state index contributed by atoms with van der Waals surface area (Å²) in [5, 5.41) is 1.32. The molecular weight excluding hydrogens is 331 g/mol. The van der Waals surface area contributed by atoms with Gasteiger partial charge in [0.05, 0.1) is 12.8 Å². The SMILES string of the molecule is CON(c1ccccc1)[C@@H](Cc1ccccc1)C(=O)OP(N)(=O)O. The molecule has 0 aliphatic carbocycles. The fraction of sp³-hybridized carbons (Fsp3) is 0.188. The van der Waals surface area contributed by atoms with Crippen LogP contribution >= 0.6 is 7.75 Å². The quantitative estimate of drug-likeness (QED) is 0.583. The van der Waals surface area contributed by atoms with E-state index in [0.717, 1.165) is 5.56 Å². The number of nitrogens with zero attached hydrogens (tertiary/aromatic N) is 1. The van der Waals surface area contributed by atoms with E-state index < -0.39 is 19.8 Å². The van der Waals surface area contributed by atoms with E-state index in [1.165, 1.54) is 12.2 Å². The van der Waals surface area contributed by atoms with Crippen LogP contribution in [0.1, 0.15) is 5.56 Å². The minimum Gasteiger partial charge on any atom is -0.379 e. The van der Waals surface area contributed by atoms with Crippen molar-refractivity contribution in [3.63, 3.8) is 0 Å². The summed E-state index contributed by atoms with van der Waals surface area (Å²) in [5.41, 5.74) is 6.39.